The van der Waals surface area contributed by atoms with Gasteiger partial charge in [0.2, 0.25) is 5.43 Å². The molecule has 7 rings (SSSR count). The SMILES string of the molecule is CCOc1cc(OCC)cc(-n2cc(C(=O)N(CC)c3cc(F)cc(F)c3)c(=O)c3c(OC)cc(OCCCCCCCC[N+]45CCN(CC4)CC5)cc32)c1. The van der Waals surface area contributed by atoms with Crippen molar-refractivity contribution in [2.75, 3.05) is 84.2 Å². The molecule has 0 unspecified atom stereocenters. The lowest BCUT2D eigenvalue weighted by Crippen LogP contribution is -2.67. The lowest BCUT2D eigenvalue weighted by atomic mass is 10.1. The molecule has 3 fully saturated rings. The Kier molecular flexibility index (Phi) is 13.3. The van der Waals surface area contributed by atoms with E-state index in [1.807, 2.05) is 13.8 Å². The number of aromatic nitrogens is 1. The van der Waals surface area contributed by atoms with E-state index in [4.69, 9.17) is 18.9 Å². The number of rotatable bonds is 19. The van der Waals surface area contributed by atoms with Gasteiger partial charge in [-0.1, -0.05) is 19.3 Å². The van der Waals surface area contributed by atoms with Gasteiger partial charge in [0.25, 0.3) is 5.91 Å². The standard InChI is InChI=1S/C43H55F2N4O6/c1-5-47(33-23-31(44)22-32(45)24-33)43(51)38-30-48(34-25-35(53-6-2)27-36(26-34)54-7-3)39-28-37(29-40(52-4)41(39)42(38)50)55-21-13-11-9-8-10-12-17-49-18-14-46(15-19-49)16-20-49/h22-30H,5-21H2,1-4H3/q+1. The van der Waals surface area contributed by atoms with Crippen LogP contribution in [0.5, 0.6) is 23.0 Å². The number of quaternary nitrogens is 1. The Balaban J connectivity index is 1.25. The van der Waals surface area contributed by atoms with Crippen LogP contribution in [0, 0.1) is 11.6 Å². The molecule has 12 heteroatoms. The zero-order valence-corrected chi connectivity index (χ0v) is 32.7. The molecule has 0 spiro atoms. The number of amides is 1. The van der Waals surface area contributed by atoms with Gasteiger partial charge in [-0.3, -0.25) is 14.5 Å². The quantitative estimate of drug-likeness (QED) is 0.0719. The van der Waals surface area contributed by atoms with Crippen LogP contribution in [0.2, 0.25) is 0 Å². The number of carbonyl (C=O) groups is 1. The lowest BCUT2D eigenvalue weighted by molar-refractivity contribution is -0.941. The molecule has 0 saturated carbocycles. The van der Waals surface area contributed by atoms with Crippen molar-refractivity contribution in [1.82, 2.24) is 9.47 Å². The van der Waals surface area contributed by atoms with Crippen LogP contribution in [0.25, 0.3) is 16.6 Å². The largest absolute Gasteiger partial charge is 0.496 e. The minimum Gasteiger partial charge on any atom is -0.496 e. The smallest absolute Gasteiger partial charge is 0.263 e. The summed E-state index contributed by atoms with van der Waals surface area (Å²) in [4.78, 5) is 32.3. The van der Waals surface area contributed by atoms with Crippen molar-refractivity contribution in [3.05, 3.63) is 82.1 Å². The van der Waals surface area contributed by atoms with Gasteiger partial charge < -0.3 is 32.9 Å². The van der Waals surface area contributed by atoms with E-state index in [1.165, 1.54) is 87.8 Å². The van der Waals surface area contributed by atoms with Gasteiger partial charge >= 0.3 is 0 Å². The number of benzene rings is 3. The zero-order chi connectivity index (χ0) is 39.0. The van der Waals surface area contributed by atoms with Crippen LogP contribution >= 0.6 is 0 Å². The van der Waals surface area contributed by atoms with Crippen LogP contribution in [-0.2, 0) is 0 Å². The number of anilines is 1. The van der Waals surface area contributed by atoms with E-state index in [2.05, 4.69) is 4.90 Å². The summed E-state index contributed by atoms with van der Waals surface area (Å²) >= 11 is 0. The molecular weight excluding hydrogens is 706 g/mol. The average Bonchev–Trinajstić information content (AvgIpc) is 3.17. The van der Waals surface area contributed by atoms with Crippen molar-refractivity contribution in [2.45, 2.75) is 59.3 Å². The van der Waals surface area contributed by atoms with Crippen molar-refractivity contribution >= 4 is 22.5 Å². The van der Waals surface area contributed by atoms with E-state index in [-0.39, 0.29) is 28.9 Å². The molecular formula is C43H55F2N4O6+. The first-order valence-electron chi connectivity index (χ1n) is 19.8. The van der Waals surface area contributed by atoms with Crippen molar-refractivity contribution in [3.63, 3.8) is 0 Å². The van der Waals surface area contributed by atoms with E-state index in [0.29, 0.717) is 48.3 Å². The molecule has 55 heavy (non-hydrogen) atoms. The molecule has 3 aliphatic heterocycles. The Morgan fingerprint density at radius 3 is 1.96 bits per heavy atom. The number of unbranched alkanes of at least 4 members (excludes halogenated alkanes) is 5. The average molecular weight is 762 g/mol. The number of ether oxygens (including phenoxy) is 4. The molecule has 296 valence electrons. The second-order valence-corrected chi connectivity index (χ2v) is 14.5. The molecule has 4 aromatic rings. The van der Waals surface area contributed by atoms with Gasteiger partial charge in [-0.2, -0.15) is 0 Å². The maximum absolute atomic E-state index is 14.3. The number of hydrogen-bond donors (Lipinski definition) is 0. The molecule has 3 aromatic carbocycles. The van der Waals surface area contributed by atoms with Crippen molar-refractivity contribution < 1.29 is 37.0 Å². The summed E-state index contributed by atoms with van der Waals surface area (Å²) < 4.78 is 55.4. The van der Waals surface area contributed by atoms with E-state index in [9.17, 15) is 18.4 Å². The molecule has 3 aliphatic rings. The Morgan fingerprint density at radius 1 is 0.764 bits per heavy atom. The van der Waals surface area contributed by atoms with E-state index in [0.717, 1.165) is 37.5 Å². The Bertz CT molecular complexity index is 1950. The van der Waals surface area contributed by atoms with Crippen LogP contribution in [0.4, 0.5) is 14.5 Å². The van der Waals surface area contributed by atoms with Gasteiger partial charge in [0.05, 0.1) is 69.7 Å². The highest BCUT2D eigenvalue weighted by Gasteiger charge is 2.37. The third kappa shape index (κ3) is 9.41. The number of hydrogen-bond acceptors (Lipinski definition) is 7. The molecule has 1 aromatic heterocycles. The summed E-state index contributed by atoms with van der Waals surface area (Å²) in [5, 5.41) is 0.152. The third-order valence-electron chi connectivity index (χ3n) is 10.9. The normalized spacial score (nSPS) is 17.7. The molecule has 1 amide bonds. The minimum absolute atomic E-state index is 0.00701. The van der Waals surface area contributed by atoms with Crippen LogP contribution in [0.1, 0.15) is 69.7 Å². The predicted molar refractivity (Wildman–Crippen MR) is 212 cm³/mol. The number of methoxy groups -OCH3 is 1. The fourth-order valence-electron chi connectivity index (χ4n) is 7.99. The zero-order valence-electron chi connectivity index (χ0n) is 32.7. The second-order valence-electron chi connectivity index (χ2n) is 14.5. The van der Waals surface area contributed by atoms with Gasteiger partial charge in [0.1, 0.15) is 40.2 Å². The molecule has 3 saturated heterocycles. The first-order valence-corrected chi connectivity index (χ1v) is 19.8. The van der Waals surface area contributed by atoms with Gasteiger partial charge in [0.15, 0.2) is 0 Å². The predicted octanol–water partition coefficient (Wildman–Crippen LogP) is 7.61. The Hall–Kier alpha value is -4.68. The fourth-order valence-corrected chi connectivity index (χ4v) is 7.99. The third-order valence-corrected chi connectivity index (χ3v) is 10.9. The maximum Gasteiger partial charge on any atom is 0.263 e. The summed E-state index contributed by atoms with van der Waals surface area (Å²) in [6.45, 7) is 15.8. The minimum atomic E-state index is -0.836. The first kappa shape index (κ1) is 40.0. The van der Waals surface area contributed by atoms with Crippen molar-refractivity contribution in [3.8, 4) is 28.7 Å². The Morgan fingerprint density at radius 2 is 1.36 bits per heavy atom. The molecule has 2 bridgehead atoms. The highest BCUT2D eigenvalue weighted by Crippen LogP contribution is 2.34. The van der Waals surface area contributed by atoms with Crippen LogP contribution in [-0.4, -0.2) is 99.1 Å². The summed E-state index contributed by atoms with van der Waals surface area (Å²) in [7, 11) is 1.46. The van der Waals surface area contributed by atoms with Gasteiger partial charge in [-0.25, -0.2) is 8.78 Å². The second kappa shape index (κ2) is 18.3. The number of halogens is 2. The monoisotopic (exact) mass is 761 g/mol. The summed E-state index contributed by atoms with van der Waals surface area (Å²) in [5.41, 5.74) is 0.183. The van der Waals surface area contributed by atoms with Crippen molar-refractivity contribution in [1.29, 1.82) is 0 Å². The van der Waals surface area contributed by atoms with E-state index < -0.39 is 23.0 Å². The molecule has 10 nitrogen and oxygen atoms in total. The molecule has 0 aliphatic carbocycles. The maximum atomic E-state index is 14.3. The van der Waals surface area contributed by atoms with Gasteiger partial charge in [0, 0.05) is 74.5 Å². The number of piperazine rings is 3. The van der Waals surface area contributed by atoms with E-state index >= 15 is 0 Å². The Labute approximate surface area is 322 Å². The van der Waals surface area contributed by atoms with Gasteiger partial charge in [-0.15, -0.1) is 0 Å². The van der Waals surface area contributed by atoms with Crippen LogP contribution < -0.4 is 29.3 Å². The molecule has 0 N–H and O–H groups in total. The number of fused-ring (bicyclic) bond motifs is 4. The van der Waals surface area contributed by atoms with Crippen LogP contribution in [0.15, 0.2) is 59.5 Å². The molecule has 0 atom stereocenters. The van der Waals surface area contributed by atoms with Gasteiger partial charge in [-0.05, 0) is 52.2 Å². The highest BCUT2D eigenvalue weighted by molar-refractivity contribution is 6.08. The van der Waals surface area contributed by atoms with Crippen LogP contribution in [0.3, 0.4) is 0 Å². The summed E-state index contributed by atoms with van der Waals surface area (Å²) in [6.07, 6.45) is 8.33. The molecule has 4 heterocycles. The number of nitrogens with zero attached hydrogens (tertiary/aromatic N) is 4. The lowest BCUT2D eigenvalue weighted by Gasteiger charge is -2.50. The van der Waals surface area contributed by atoms with E-state index in [1.54, 1.807) is 41.8 Å². The number of carbonyl (C=O) groups excluding carboxylic acids is 1. The van der Waals surface area contributed by atoms with Crippen molar-refractivity contribution in [2.24, 2.45) is 0 Å². The highest BCUT2D eigenvalue weighted by atomic mass is 19.1. The summed E-state index contributed by atoms with van der Waals surface area (Å²) in [6, 6.07) is 11.7. The topological polar surface area (TPSA) is 82.5 Å². The fraction of sp³-hybridized carbons (Fsp3) is 0.488. The molecule has 0 radical (unpaired) electrons. The summed E-state index contributed by atoms with van der Waals surface area (Å²) in [5.74, 6) is -0.581. The first-order chi connectivity index (χ1) is 26.7. The number of pyridine rings is 1.